The third kappa shape index (κ3) is 2.92. The van der Waals surface area contributed by atoms with Crippen molar-refractivity contribution >= 4 is 17.4 Å². The SMILES string of the molecule is Clc1cncc(NCc2ccccc2)n1. The summed E-state index contributed by atoms with van der Waals surface area (Å²) in [6.45, 7) is 0.718. The lowest BCUT2D eigenvalue weighted by atomic mass is 10.2. The summed E-state index contributed by atoms with van der Waals surface area (Å²) in [5.74, 6) is 0.686. The fraction of sp³-hybridized carbons (Fsp3) is 0.0909. The molecule has 0 bridgehead atoms. The van der Waals surface area contributed by atoms with Gasteiger partial charge >= 0.3 is 0 Å². The molecule has 4 heteroatoms. The Hall–Kier alpha value is -1.61. The number of benzene rings is 1. The molecule has 76 valence electrons. The molecular weight excluding hydrogens is 210 g/mol. The summed E-state index contributed by atoms with van der Waals surface area (Å²) < 4.78 is 0. The maximum atomic E-state index is 5.71. The summed E-state index contributed by atoms with van der Waals surface area (Å²) in [5.41, 5.74) is 1.19. The molecule has 0 amide bonds. The van der Waals surface area contributed by atoms with Gasteiger partial charge in [0.1, 0.15) is 11.0 Å². The zero-order valence-electron chi connectivity index (χ0n) is 8.02. The first-order chi connectivity index (χ1) is 7.34. The smallest absolute Gasteiger partial charge is 0.149 e. The quantitative estimate of drug-likeness (QED) is 0.863. The fourth-order valence-corrected chi connectivity index (χ4v) is 1.36. The molecule has 1 N–H and O–H groups in total. The summed E-state index contributed by atoms with van der Waals surface area (Å²) in [6.07, 6.45) is 3.16. The Morgan fingerprint density at radius 3 is 2.67 bits per heavy atom. The van der Waals surface area contributed by atoms with Gasteiger partial charge in [0.05, 0.1) is 12.4 Å². The lowest BCUT2D eigenvalue weighted by molar-refractivity contribution is 1.09. The van der Waals surface area contributed by atoms with E-state index in [1.54, 1.807) is 6.20 Å². The molecular formula is C11H10ClN3. The Morgan fingerprint density at radius 2 is 1.93 bits per heavy atom. The minimum Gasteiger partial charge on any atom is -0.365 e. The molecule has 1 aromatic carbocycles. The zero-order chi connectivity index (χ0) is 10.5. The fourth-order valence-electron chi connectivity index (χ4n) is 1.22. The van der Waals surface area contributed by atoms with Crippen molar-refractivity contribution in [1.82, 2.24) is 9.97 Å². The van der Waals surface area contributed by atoms with Gasteiger partial charge in [-0.2, -0.15) is 0 Å². The molecule has 3 nitrogen and oxygen atoms in total. The minimum absolute atomic E-state index is 0.396. The molecule has 2 aromatic rings. The third-order valence-electron chi connectivity index (χ3n) is 1.92. The molecule has 0 atom stereocenters. The normalized spacial score (nSPS) is 9.93. The van der Waals surface area contributed by atoms with E-state index in [-0.39, 0.29) is 0 Å². The number of hydrogen-bond acceptors (Lipinski definition) is 3. The monoisotopic (exact) mass is 219 g/mol. The number of rotatable bonds is 3. The highest BCUT2D eigenvalue weighted by molar-refractivity contribution is 6.29. The minimum atomic E-state index is 0.396. The third-order valence-corrected chi connectivity index (χ3v) is 2.10. The molecule has 1 heterocycles. The van der Waals surface area contributed by atoms with Crippen LogP contribution in [-0.4, -0.2) is 9.97 Å². The largest absolute Gasteiger partial charge is 0.365 e. The maximum Gasteiger partial charge on any atom is 0.149 e. The van der Waals surface area contributed by atoms with E-state index in [1.165, 1.54) is 11.8 Å². The van der Waals surface area contributed by atoms with Crippen molar-refractivity contribution in [2.75, 3.05) is 5.32 Å². The van der Waals surface area contributed by atoms with E-state index in [0.29, 0.717) is 11.0 Å². The molecule has 0 aliphatic heterocycles. The van der Waals surface area contributed by atoms with Crippen molar-refractivity contribution < 1.29 is 0 Å². The van der Waals surface area contributed by atoms with Crippen LogP contribution in [0.2, 0.25) is 5.15 Å². The first-order valence-electron chi connectivity index (χ1n) is 4.60. The van der Waals surface area contributed by atoms with Crippen LogP contribution in [0, 0.1) is 0 Å². The lowest BCUT2D eigenvalue weighted by Gasteiger charge is -2.04. The molecule has 0 aliphatic carbocycles. The van der Waals surface area contributed by atoms with E-state index in [4.69, 9.17) is 11.6 Å². The standard InChI is InChI=1S/C11H10ClN3/c12-10-7-13-8-11(15-10)14-6-9-4-2-1-3-5-9/h1-5,7-8H,6H2,(H,14,15). The second-order valence-electron chi connectivity index (χ2n) is 3.07. The second-order valence-corrected chi connectivity index (χ2v) is 3.45. The maximum absolute atomic E-state index is 5.71. The Bertz CT molecular complexity index is 431. The first-order valence-corrected chi connectivity index (χ1v) is 4.98. The lowest BCUT2D eigenvalue weighted by Crippen LogP contribution is -2.01. The molecule has 0 radical (unpaired) electrons. The van der Waals surface area contributed by atoms with Crippen LogP contribution in [0.4, 0.5) is 5.82 Å². The van der Waals surface area contributed by atoms with Crippen molar-refractivity contribution in [2.45, 2.75) is 6.54 Å². The topological polar surface area (TPSA) is 37.8 Å². The van der Waals surface area contributed by atoms with Crippen LogP contribution in [0.1, 0.15) is 5.56 Å². The van der Waals surface area contributed by atoms with Gasteiger partial charge in [-0.3, -0.25) is 4.98 Å². The highest BCUT2D eigenvalue weighted by Crippen LogP contribution is 2.08. The number of hydrogen-bond donors (Lipinski definition) is 1. The number of nitrogens with zero attached hydrogens (tertiary/aromatic N) is 2. The predicted molar refractivity (Wildman–Crippen MR) is 60.8 cm³/mol. The molecule has 15 heavy (non-hydrogen) atoms. The number of nitrogens with one attached hydrogen (secondary N) is 1. The van der Waals surface area contributed by atoms with Gasteiger partial charge in [-0.15, -0.1) is 0 Å². The number of anilines is 1. The van der Waals surface area contributed by atoms with Crippen molar-refractivity contribution in [3.63, 3.8) is 0 Å². The van der Waals surface area contributed by atoms with Crippen LogP contribution in [0.5, 0.6) is 0 Å². The first kappa shape index (κ1) is 9.93. The number of halogens is 1. The van der Waals surface area contributed by atoms with Gasteiger partial charge < -0.3 is 5.32 Å². The summed E-state index contributed by atoms with van der Waals surface area (Å²) >= 11 is 5.71. The van der Waals surface area contributed by atoms with Crippen LogP contribution < -0.4 is 5.32 Å². The van der Waals surface area contributed by atoms with E-state index in [9.17, 15) is 0 Å². The van der Waals surface area contributed by atoms with E-state index in [1.807, 2.05) is 30.3 Å². The Labute approximate surface area is 93.1 Å². The highest BCUT2D eigenvalue weighted by atomic mass is 35.5. The van der Waals surface area contributed by atoms with Gasteiger partial charge in [-0.05, 0) is 5.56 Å². The predicted octanol–water partition coefficient (Wildman–Crippen LogP) is 2.74. The van der Waals surface area contributed by atoms with E-state index >= 15 is 0 Å². The van der Waals surface area contributed by atoms with Crippen molar-refractivity contribution in [3.05, 3.63) is 53.4 Å². The van der Waals surface area contributed by atoms with Crippen LogP contribution in [0.15, 0.2) is 42.7 Å². The average Bonchev–Trinajstić information content (AvgIpc) is 2.28. The molecule has 0 saturated heterocycles. The van der Waals surface area contributed by atoms with E-state index in [0.717, 1.165) is 6.54 Å². The summed E-state index contributed by atoms with van der Waals surface area (Å²) in [6, 6.07) is 10.1. The molecule has 0 aliphatic rings. The van der Waals surface area contributed by atoms with Crippen molar-refractivity contribution in [2.24, 2.45) is 0 Å². The van der Waals surface area contributed by atoms with E-state index in [2.05, 4.69) is 15.3 Å². The Morgan fingerprint density at radius 1 is 1.13 bits per heavy atom. The average molecular weight is 220 g/mol. The molecule has 0 unspecified atom stereocenters. The van der Waals surface area contributed by atoms with Crippen molar-refractivity contribution in [3.8, 4) is 0 Å². The second kappa shape index (κ2) is 4.75. The summed E-state index contributed by atoms with van der Waals surface area (Å²) in [5, 5.41) is 3.54. The Kier molecular flexibility index (Phi) is 3.15. The zero-order valence-corrected chi connectivity index (χ0v) is 8.78. The van der Waals surface area contributed by atoms with Gasteiger partial charge in [0.2, 0.25) is 0 Å². The van der Waals surface area contributed by atoms with Gasteiger partial charge in [0.25, 0.3) is 0 Å². The van der Waals surface area contributed by atoms with Crippen LogP contribution in [0.25, 0.3) is 0 Å². The van der Waals surface area contributed by atoms with Crippen LogP contribution in [0.3, 0.4) is 0 Å². The van der Waals surface area contributed by atoms with Crippen LogP contribution >= 0.6 is 11.6 Å². The molecule has 0 spiro atoms. The van der Waals surface area contributed by atoms with Gasteiger partial charge in [-0.25, -0.2) is 4.98 Å². The Balaban J connectivity index is 1.99. The molecule has 0 fully saturated rings. The van der Waals surface area contributed by atoms with Gasteiger partial charge in [0.15, 0.2) is 0 Å². The van der Waals surface area contributed by atoms with Gasteiger partial charge in [-0.1, -0.05) is 41.9 Å². The number of aromatic nitrogens is 2. The van der Waals surface area contributed by atoms with Crippen molar-refractivity contribution in [1.29, 1.82) is 0 Å². The van der Waals surface area contributed by atoms with Gasteiger partial charge in [0, 0.05) is 6.54 Å². The highest BCUT2D eigenvalue weighted by Gasteiger charge is 1.96. The van der Waals surface area contributed by atoms with Crippen LogP contribution in [-0.2, 0) is 6.54 Å². The summed E-state index contributed by atoms with van der Waals surface area (Å²) in [4.78, 5) is 8.02. The molecule has 0 saturated carbocycles. The van der Waals surface area contributed by atoms with E-state index < -0.39 is 0 Å². The molecule has 1 aromatic heterocycles. The summed E-state index contributed by atoms with van der Waals surface area (Å²) in [7, 11) is 0. The molecule has 2 rings (SSSR count).